The van der Waals surface area contributed by atoms with E-state index in [0.29, 0.717) is 5.92 Å². The van der Waals surface area contributed by atoms with Gasteiger partial charge in [0.25, 0.3) is 0 Å². The first-order valence-electron chi connectivity index (χ1n) is 5.11. The van der Waals surface area contributed by atoms with Crippen LogP contribution in [-0.2, 0) is 9.47 Å². The van der Waals surface area contributed by atoms with Gasteiger partial charge in [0.15, 0.2) is 6.29 Å². The maximum absolute atomic E-state index is 5.53. The van der Waals surface area contributed by atoms with Crippen molar-refractivity contribution in [2.45, 2.75) is 25.6 Å². The van der Waals surface area contributed by atoms with Gasteiger partial charge >= 0.3 is 0 Å². The van der Waals surface area contributed by atoms with Crippen LogP contribution in [0.25, 0.3) is 0 Å². The minimum atomic E-state index is -0.0533. The van der Waals surface area contributed by atoms with Crippen molar-refractivity contribution in [2.24, 2.45) is 0 Å². The summed E-state index contributed by atoms with van der Waals surface area (Å²) in [6.07, 6.45) is 0.983. The van der Waals surface area contributed by atoms with Gasteiger partial charge in [0, 0.05) is 5.92 Å². The Morgan fingerprint density at radius 3 is 2.57 bits per heavy atom. The summed E-state index contributed by atoms with van der Waals surface area (Å²) in [5.74, 6) is 0.354. The van der Waals surface area contributed by atoms with Crippen LogP contribution in [0.3, 0.4) is 0 Å². The zero-order valence-electron chi connectivity index (χ0n) is 8.40. The fraction of sp³-hybridized carbons (Fsp3) is 0.500. The first-order valence-corrected chi connectivity index (χ1v) is 5.11. The van der Waals surface area contributed by atoms with Crippen LogP contribution >= 0.6 is 0 Å². The fourth-order valence-electron chi connectivity index (χ4n) is 1.84. The van der Waals surface area contributed by atoms with Crippen LogP contribution in [0.1, 0.15) is 24.8 Å². The van der Waals surface area contributed by atoms with E-state index in [0.717, 1.165) is 19.6 Å². The Morgan fingerprint density at radius 2 is 2.00 bits per heavy atom. The molecule has 0 bridgehead atoms. The molecule has 1 aromatic carbocycles. The first-order chi connectivity index (χ1) is 6.92. The van der Waals surface area contributed by atoms with Crippen molar-refractivity contribution in [3.8, 4) is 0 Å². The Bertz CT molecular complexity index is 265. The van der Waals surface area contributed by atoms with E-state index < -0.39 is 0 Å². The molecule has 75 valence electrons. The molecule has 1 unspecified atom stereocenters. The molecule has 1 heterocycles. The van der Waals surface area contributed by atoms with Crippen LogP contribution in [0.4, 0.5) is 0 Å². The summed E-state index contributed by atoms with van der Waals surface area (Å²) in [4.78, 5) is 0. The molecule has 1 aliphatic rings. The highest BCUT2D eigenvalue weighted by Gasteiger charge is 2.26. The standard InChI is InChI=1S/C12H15O2/c1-2-11(12-13-8-9-14-12)10-6-4-3-5-7-10/h4-7,11-12H,2,8-9H2,1H3. The van der Waals surface area contributed by atoms with Crippen molar-refractivity contribution in [3.63, 3.8) is 0 Å². The summed E-state index contributed by atoms with van der Waals surface area (Å²) in [5, 5.41) is 0. The number of ether oxygens (including phenoxy) is 2. The second-order valence-corrected chi connectivity index (χ2v) is 3.46. The van der Waals surface area contributed by atoms with Crippen LogP contribution in [-0.4, -0.2) is 19.5 Å². The average Bonchev–Trinajstić information content (AvgIpc) is 2.74. The summed E-state index contributed by atoms with van der Waals surface area (Å²) in [7, 11) is 0. The van der Waals surface area contributed by atoms with Gasteiger partial charge in [0.1, 0.15) is 0 Å². The van der Waals surface area contributed by atoms with Gasteiger partial charge in [0.05, 0.1) is 13.2 Å². The minimum absolute atomic E-state index is 0.0533. The topological polar surface area (TPSA) is 18.5 Å². The van der Waals surface area contributed by atoms with Gasteiger partial charge < -0.3 is 9.47 Å². The third-order valence-corrected chi connectivity index (χ3v) is 2.59. The molecule has 1 atom stereocenters. The average molecular weight is 191 g/mol. The Kier molecular flexibility index (Phi) is 3.17. The van der Waals surface area contributed by atoms with Gasteiger partial charge in [-0.2, -0.15) is 0 Å². The lowest BCUT2D eigenvalue weighted by Crippen LogP contribution is -2.18. The maximum atomic E-state index is 5.53. The molecule has 0 saturated carbocycles. The molecule has 2 heteroatoms. The summed E-state index contributed by atoms with van der Waals surface area (Å²) in [6, 6.07) is 11.1. The van der Waals surface area contributed by atoms with Gasteiger partial charge in [-0.3, -0.25) is 0 Å². The van der Waals surface area contributed by atoms with E-state index >= 15 is 0 Å². The Labute approximate surface area is 84.8 Å². The van der Waals surface area contributed by atoms with Crippen LogP contribution in [0.2, 0.25) is 0 Å². The van der Waals surface area contributed by atoms with Crippen molar-refractivity contribution in [1.82, 2.24) is 0 Å². The van der Waals surface area contributed by atoms with Gasteiger partial charge in [-0.05, 0) is 18.1 Å². The largest absolute Gasteiger partial charge is 0.350 e. The van der Waals surface area contributed by atoms with Crippen molar-refractivity contribution < 1.29 is 9.47 Å². The van der Waals surface area contributed by atoms with E-state index in [-0.39, 0.29) is 6.29 Å². The lowest BCUT2D eigenvalue weighted by atomic mass is 9.96. The second kappa shape index (κ2) is 4.58. The third kappa shape index (κ3) is 1.97. The SMILES string of the molecule is CCC(c1cc[c]cc1)C1OCCO1. The lowest BCUT2D eigenvalue weighted by molar-refractivity contribution is -0.0617. The van der Waals surface area contributed by atoms with Crippen molar-refractivity contribution >= 4 is 0 Å². The number of benzene rings is 1. The molecule has 0 aliphatic carbocycles. The van der Waals surface area contributed by atoms with E-state index in [1.165, 1.54) is 5.56 Å². The van der Waals surface area contributed by atoms with Crippen molar-refractivity contribution in [2.75, 3.05) is 13.2 Å². The predicted molar refractivity (Wildman–Crippen MR) is 54.0 cm³/mol. The number of rotatable bonds is 3. The quantitative estimate of drug-likeness (QED) is 0.730. The second-order valence-electron chi connectivity index (χ2n) is 3.46. The van der Waals surface area contributed by atoms with Gasteiger partial charge in [0.2, 0.25) is 0 Å². The fourth-order valence-corrected chi connectivity index (χ4v) is 1.84. The summed E-state index contributed by atoms with van der Waals surface area (Å²) >= 11 is 0. The number of hydrogen-bond donors (Lipinski definition) is 0. The number of hydrogen-bond acceptors (Lipinski definition) is 2. The molecule has 1 aromatic rings. The van der Waals surface area contributed by atoms with E-state index in [1.807, 2.05) is 12.1 Å². The monoisotopic (exact) mass is 191 g/mol. The molecular formula is C12H15O2. The molecule has 0 aromatic heterocycles. The normalized spacial score (nSPS) is 19.8. The molecular weight excluding hydrogens is 176 g/mol. The minimum Gasteiger partial charge on any atom is -0.350 e. The maximum Gasteiger partial charge on any atom is 0.164 e. The van der Waals surface area contributed by atoms with Gasteiger partial charge in [-0.15, -0.1) is 0 Å². The van der Waals surface area contributed by atoms with Crippen LogP contribution < -0.4 is 0 Å². The lowest BCUT2D eigenvalue weighted by Gasteiger charge is -2.20. The molecule has 1 saturated heterocycles. The van der Waals surface area contributed by atoms with Crippen LogP contribution in [0.5, 0.6) is 0 Å². The summed E-state index contributed by atoms with van der Waals surface area (Å²) in [5.41, 5.74) is 1.28. The smallest absolute Gasteiger partial charge is 0.164 e. The zero-order valence-corrected chi connectivity index (χ0v) is 8.40. The molecule has 1 radical (unpaired) electrons. The molecule has 2 rings (SSSR count). The van der Waals surface area contributed by atoms with Crippen molar-refractivity contribution in [3.05, 3.63) is 35.9 Å². The molecule has 2 nitrogen and oxygen atoms in total. The van der Waals surface area contributed by atoms with Crippen molar-refractivity contribution in [1.29, 1.82) is 0 Å². The molecule has 1 fully saturated rings. The molecule has 0 N–H and O–H groups in total. The van der Waals surface area contributed by atoms with E-state index in [4.69, 9.17) is 9.47 Å². The Balaban J connectivity index is 2.12. The highest BCUT2D eigenvalue weighted by atomic mass is 16.7. The highest BCUT2D eigenvalue weighted by molar-refractivity contribution is 5.19. The molecule has 14 heavy (non-hydrogen) atoms. The molecule has 0 amide bonds. The molecule has 0 spiro atoms. The third-order valence-electron chi connectivity index (χ3n) is 2.59. The Hall–Kier alpha value is -0.860. The van der Waals surface area contributed by atoms with E-state index in [1.54, 1.807) is 0 Å². The summed E-state index contributed by atoms with van der Waals surface area (Å²) in [6.45, 7) is 3.60. The van der Waals surface area contributed by atoms with Gasteiger partial charge in [-0.1, -0.05) is 31.2 Å². The van der Waals surface area contributed by atoms with E-state index in [2.05, 4.69) is 25.1 Å². The van der Waals surface area contributed by atoms with Gasteiger partial charge in [-0.25, -0.2) is 0 Å². The predicted octanol–water partition coefficient (Wildman–Crippen LogP) is 2.35. The Morgan fingerprint density at radius 1 is 1.36 bits per heavy atom. The van der Waals surface area contributed by atoms with Crippen LogP contribution in [0, 0.1) is 6.07 Å². The van der Waals surface area contributed by atoms with E-state index in [9.17, 15) is 0 Å². The zero-order chi connectivity index (χ0) is 9.80. The molecule has 1 aliphatic heterocycles. The van der Waals surface area contributed by atoms with Crippen LogP contribution in [0.15, 0.2) is 24.3 Å². The summed E-state index contributed by atoms with van der Waals surface area (Å²) < 4.78 is 11.1. The first kappa shape index (κ1) is 9.69. The highest BCUT2D eigenvalue weighted by Crippen LogP contribution is 2.27.